The van der Waals surface area contributed by atoms with Crippen LogP contribution in [0.15, 0.2) is 30.3 Å². The summed E-state index contributed by atoms with van der Waals surface area (Å²) in [4.78, 5) is 0. The summed E-state index contributed by atoms with van der Waals surface area (Å²) in [5, 5.41) is 3.60. The molecule has 0 bridgehead atoms. The van der Waals surface area contributed by atoms with Crippen molar-refractivity contribution >= 4 is 0 Å². The van der Waals surface area contributed by atoms with Crippen LogP contribution in [0.5, 0.6) is 0 Å². The Morgan fingerprint density at radius 1 is 1.27 bits per heavy atom. The van der Waals surface area contributed by atoms with Crippen molar-refractivity contribution < 1.29 is 0 Å². The molecule has 82 valence electrons. The van der Waals surface area contributed by atoms with Gasteiger partial charge in [0.25, 0.3) is 0 Å². The predicted octanol–water partition coefficient (Wildman–Crippen LogP) is 3.18. The van der Waals surface area contributed by atoms with Gasteiger partial charge >= 0.3 is 0 Å². The van der Waals surface area contributed by atoms with Gasteiger partial charge in [-0.3, -0.25) is 0 Å². The zero-order valence-electron chi connectivity index (χ0n) is 9.58. The average Bonchev–Trinajstić information content (AvgIpc) is 3.10. The highest BCUT2D eigenvalue weighted by Gasteiger charge is 2.20. The lowest BCUT2D eigenvalue weighted by Gasteiger charge is -2.16. The molecule has 0 spiro atoms. The van der Waals surface area contributed by atoms with E-state index in [4.69, 9.17) is 0 Å². The number of benzene rings is 1. The highest BCUT2D eigenvalue weighted by molar-refractivity contribution is 5.19. The van der Waals surface area contributed by atoms with Crippen molar-refractivity contribution in [1.82, 2.24) is 5.32 Å². The molecular formula is C14H21N. The van der Waals surface area contributed by atoms with Crippen molar-refractivity contribution in [2.75, 3.05) is 13.1 Å². The van der Waals surface area contributed by atoms with E-state index in [9.17, 15) is 0 Å². The first-order valence-electron chi connectivity index (χ1n) is 6.15. The second-order valence-electron chi connectivity index (χ2n) is 4.62. The van der Waals surface area contributed by atoms with E-state index in [-0.39, 0.29) is 0 Å². The van der Waals surface area contributed by atoms with Crippen molar-refractivity contribution in [2.45, 2.75) is 32.1 Å². The smallest absolute Gasteiger partial charge is 0.00201 e. The molecule has 1 aliphatic rings. The molecule has 0 aromatic heterocycles. The van der Waals surface area contributed by atoms with Gasteiger partial charge in [0.05, 0.1) is 0 Å². The Hall–Kier alpha value is -0.820. The maximum atomic E-state index is 3.60. The van der Waals surface area contributed by atoms with Crippen molar-refractivity contribution in [3.8, 4) is 0 Å². The van der Waals surface area contributed by atoms with Crippen LogP contribution in [0.2, 0.25) is 0 Å². The van der Waals surface area contributed by atoms with E-state index in [1.807, 2.05) is 0 Å². The van der Waals surface area contributed by atoms with Crippen LogP contribution in [-0.4, -0.2) is 13.1 Å². The molecule has 1 unspecified atom stereocenters. The molecule has 15 heavy (non-hydrogen) atoms. The predicted molar refractivity (Wildman–Crippen MR) is 65.1 cm³/mol. The molecule has 1 aliphatic carbocycles. The molecule has 2 rings (SSSR count). The van der Waals surface area contributed by atoms with Crippen LogP contribution < -0.4 is 5.32 Å². The maximum Gasteiger partial charge on any atom is 0.00201 e. The maximum absolute atomic E-state index is 3.60. The molecule has 1 N–H and O–H groups in total. The summed E-state index contributed by atoms with van der Waals surface area (Å²) in [7, 11) is 0. The normalized spacial score (nSPS) is 17.7. The van der Waals surface area contributed by atoms with Gasteiger partial charge in [-0.05, 0) is 43.2 Å². The molecule has 1 aromatic carbocycles. The SMILES string of the molecule is CCC(CNCC1CC1)c1ccccc1. The number of nitrogens with one attached hydrogen (secondary N) is 1. The van der Waals surface area contributed by atoms with Gasteiger partial charge in [0, 0.05) is 6.54 Å². The summed E-state index contributed by atoms with van der Waals surface area (Å²) >= 11 is 0. The van der Waals surface area contributed by atoms with E-state index < -0.39 is 0 Å². The second-order valence-corrected chi connectivity index (χ2v) is 4.62. The first-order chi connectivity index (χ1) is 7.40. The Morgan fingerprint density at radius 3 is 2.60 bits per heavy atom. The molecule has 1 saturated carbocycles. The van der Waals surface area contributed by atoms with Crippen LogP contribution >= 0.6 is 0 Å². The molecule has 0 saturated heterocycles. The van der Waals surface area contributed by atoms with Crippen LogP contribution in [0.3, 0.4) is 0 Å². The van der Waals surface area contributed by atoms with Crippen molar-refractivity contribution in [2.24, 2.45) is 5.92 Å². The Labute approximate surface area is 92.9 Å². The van der Waals surface area contributed by atoms with Gasteiger partial charge in [0.15, 0.2) is 0 Å². The number of hydrogen-bond donors (Lipinski definition) is 1. The summed E-state index contributed by atoms with van der Waals surface area (Å²) in [5.41, 5.74) is 1.48. The topological polar surface area (TPSA) is 12.0 Å². The zero-order chi connectivity index (χ0) is 10.5. The van der Waals surface area contributed by atoms with Crippen LogP contribution in [0.4, 0.5) is 0 Å². The minimum absolute atomic E-state index is 0.685. The summed E-state index contributed by atoms with van der Waals surface area (Å²) < 4.78 is 0. The monoisotopic (exact) mass is 203 g/mol. The third-order valence-corrected chi connectivity index (χ3v) is 3.28. The first-order valence-corrected chi connectivity index (χ1v) is 6.15. The molecule has 1 atom stereocenters. The van der Waals surface area contributed by atoms with E-state index in [0.717, 1.165) is 12.5 Å². The average molecular weight is 203 g/mol. The summed E-state index contributed by atoms with van der Waals surface area (Å²) in [6, 6.07) is 10.9. The molecule has 1 fully saturated rings. The van der Waals surface area contributed by atoms with Gasteiger partial charge in [-0.15, -0.1) is 0 Å². The summed E-state index contributed by atoms with van der Waals surface area (Å²) in [6.45, 7) is 4.64. The van der Waals surface area contributed by atoms with E-state index in [1.165, 1.54) is 31.4 Å². The number of hydrogen-bond acceptors (Lipinski definition) is 1. The van der Waals surface area contributed by atoms with Gasteiger partial charge in [-0.25, -0.2) is 0 Å². The fourth-order valence-electron chi connectivity index (χ4n) is 2.01. The Balaban J connectivity index is 1.80. The molecule has 1 aromatic rings. The first kappa shape index (κ1) is 10.7. The van der Waals surface area contributed by atoms with E-state index in [0.29, 0.717) is 5.92 Å². The molecule has 1 heteroatoms. The molecule has 0 heterocycles. The molecule has 0 aliphatic heterocycles. The fourth-order valence-corrected chi connectivity index (χ4v) is 2.01. The zero-order valence-corrected chi connectivity index (χ0v) is 9.58. The Morgan fingerprint density at radius 2 is 2.00 bits per heavy atom. The minimum Gasteiger partial charge on any atom is -0.316 e. The van der Waals surface area contributed by atoms with Crippen molar-refractivity contribution in [3.05, 3.63) is 35.9 Å². The lowest BCUT2D eigenvalue weighted by Crippen LogP contribution is -2.23. The third-order valence-electron chi connectivity index (χ3n) is 3.28. The van der Waals surface area contributed by atoms with E-state index >= 15 is 0 Å². The molecular weight excluding hydrogens is 182 g/mol. The standard InChI is InChI=1S/C14H21N/c1-2-13(11-15-10-12-8-9-12)14-6-4-3-5-7-14/h3-7,12-13,15H,2,8-11H2,1H3. The lowest BCUT2D eigenvalue weighted by molar-refractivity contribution is 0.552. The lowest BCUT2D eigenvalue weighted by atomic mass is 9.96. The van der Waals surface area contributed by atoms with E-state index in [2.05, 4.69) is 42.6 Å². The second kappa shape index (κ2) is 5.32. The molecule has 0 amide bonds. The molecule has 0 radical (unpaired) electrons. The minimum atomic E-state index is 0.685. The largest absolute Gasteiger partial charge is 0.316 e. The van der Waals surface area contributed by atoms with Crippen LogP contribution in [-0.2, 0) is 0 Å². The van der Waals surface area contributed by atoms with Crippen LogP contribution in [0.25, 0.3) is 0 Å². The number of rotatable bonds is 6. The highest BCUT2D eigenvalue weighted by Crippen LogP contribution is 2.28. The van der Waals surface area contributed by atoms with Gasteiger partial charge in [0.1, 0.15) is 0 Å². The van der Waals surface area contributed by atoms with Crippen molar-refractivity contribution in [1.29, 1.82) is 0 Å². The Kier molecular flexibility index (Phi) is 3.79. The van der Waals surface area contributed by atoms with E-state index in [1.54, 1.807) is 0 Å². The van der Waals surface area contributed by atoms with Crippen molar-refractivity contribution in [3.63, 3.8) is 0 Å². The van der Waals surface area contributed by atoms with Gasteiger partial charge in [-0.1, -0.05) is 37.3 Å². The Bertz CT molecular complexity index is 277. The van der Waals surface area contributed by atoms with Crippen LogP contribution in [0.1, 0.15) is 37.7 Å². The third kappa shape index (κ3) is 3.35. The van der Waals surface area contributed by atoms with Gasteiger partial charge in [0.2, 0.25) is 0 Å². The van der Waals surface area contributed by atoms with Gasteiger partial charge < -0.3 is 5.32 Å². The van der Waals surface area contributed by atoms with Crippen LogP contribution in [0, 0.1) is 5.92 Å². The molecule has 1 nitrogen and oxygen atoms in total. The van der Waals surface area contributed by atoms with Gasteiger partial charge in [-0.2, -0.15) is 0 Å². The quantitative estimate of drug-likeness (QED) is 0.748. The summed E-state index contributed by atoms with van der Waals surface area (Å²) in [6.07, 6.45) is 4.10. The summed E-state index contributed by atoms with van der Waals surface area (Å²) in [5.74, 6) is 1.67. The highest BCUT2D eigenvalue weighted by atomic mass is 14.9. The fraction of sp³-hybridized carbons (Fsp3) is 0.571.